The van der Waals surface area contributed by atoms with Crippen LogP contribution in [0.25, 0.3) is 17.1 Å². The maximum Gasteiger partial charge on any atom is 0.573 e. The minimum atomic E-state index is -4.75. The van der Waals surface area contributed by atoms with Gasteiger partial charge in [-0.3, -0.25) is 5.43 Å². The molecule has 230 valence electrons. The summed E-state index contributed by atoms with van der Waals surface area (Å²) in [6.07, 6.45) is -3.27. The Balaban J connectivity index is 1.19. The number of amidine groups is 1. The van der Waals surface area contributed by atoms with E-state index in [4.69, 9.17) is 0 Å². The van der Waals surface area contributed by atoms with Crippen molar-refractivity contribution in [3.8, 4) is 22.8 Å². The normalized spacial score (nSPS) is 15.2. The lowest BCUT2D eigenvalue weighted by molar-refractivity contribution is -0.274. The summed E-state index contributed by atoms with van der Waals surface area (Å²) in [6.45, 7) is 9.08. The number of hydrogen-bond donors (Lipinski definition) is 2. The number of carbonyl (C=O) groups is 1. The van der Waals surface area contributed by atoms with Gasteiger partial charge in [-0.2, -0.15) is 4.99 Å². The Labute approximate surface area is 257 Å². The maximum absolute atomic E-state index is 12.8. The van der Waals surface area contributed by atoms with Crippen LogP contribution in [0.15, 0.2) is 78.0 Å². The first-order chi connectivity index (χ1) is 21.0. The zero-order valence-corrected chi connectivity index (χ0v) is 25.4. The molecule has 2 amide bonds. The molecular formula is C31H32F3N7O2S. The number of rotatable bonds is 8. The Morgan fingerprint density at radius 2 is 1.77 bits per heavy atom. The molecule has 2 heterocycles. The minimum absolute atomic E-state index is 0.215. The van der Waals surface area contributed by atoms with Crippen LogP contribution in [-0.2, 0) is 0 Å². The van der Waals surface area contributed by atoms with Crippen molar-refractivity contribution >= 4 is 28.6 Å². The fourth-order valence-corrected chi connectivity index (χ4v) is 5.65. The Morgan fingerprint density at radius 3 is 2.45 bits per heavy atom. The third kappa shape index (κ3) is 7.58. The molecule has 1 aliphatic heterocycles. The van der Waals surface area contributed by atoms with Gasteiger partial charge in [0, 0.05) is 29.6 Å². The summed E-state index contributed by atoms with van der Waals surface area (Å²) in [5.74, 6) is 1.33. The van der Waals surface area contributed by atoms with Crippen LogP contribution in [0.3, 0.4) is 0 Å². The van der Waals surface area contributed by atoms with Crippen LogP contribution in [-0.4, -0.2) is 44.6 Å². The van der Waals surface area contributed by atoms with Crippen LogP contribution in [0, 0.1) is 6.92 Å². The van der Waals surface area contributed by atoms with Gasteiger partial charge in [-0.05, 0) is 66.8 Å². The molecule has 4 aromatic rings. The molecule has 1 atom stereocenters. The summed E-state index contributed by atoms with van der Waals surface area (Å²) in [7, 11) is 0. The summed E-state index contributed by atoms with van der Waals surface area (Å²) in [6, 6.07) is 18.6. The molecule has 0 saturated carbocycles. The number of urea groups is 1. The number of aryl methyl sites for hydroxylation is 1. The molecule has 9 nitrogen and oxygen atoms in total. The molecule has 0 aliphatic carbocycles. The van der Waals surface area contributed by atoms with Crippen molar-refractivity contribution in [3.05, 3.63) is 89.7 Å². The lowest BCUT2D eigenvalue weighted by Crippen LogP contribution is -2.38. The number of ether oxygens (including phenoxy) is 1. The average Bonchev–Trinajstić information content (AvgIpc) is 3.66. The number of aromatic nitrogens is 3. The number of amides is 2. The SMILES string of the molecule is Cc1ccc(C(C)C)c(N2CCSC2=NC(=O)NNC(C)c2ccc(-c3ncn(-c4ccc(OC(F)(F)F)cc4)n3)cc2)c1. The second-order valence-electron chi connectivity index (χ2n) is 10.6. The Morgan fingerprint density at radius 1 is 1.05 bits per heavy atom. The molecule has 44 heavy (non-hydrogen) atoms. The number of nitrogens with one attached hydrogen (secondary N) is 2. The first kappa shape index (κ1) is 31.1. The van der Waals surface area contributed by atoms with Gasteiger partial charge in [0.15, 0.2) is 11.0 Å². The quantitative estimate of drug-likeness (QED) is 0.201. The Kier molecular flexibility index (Phi) is 9.25. The third-order valence-corrected chi connectivity index (χ3v) is 7.92. The van der Waals surface area contributed by atoms with E-state index in [2.05, 4.69) is 74.5 Å². The van der Waals surface area contributed by atoms with Gasteiger partial charge in [-0.1, -0.05) is 62.0 Å². The second kappa shape index (κ2) is 13.1. The number of anilines is 1. The molecule has 3 aromatic carbocycles. The highest BCUT2D eigenvalue weighted by Crippen LogP contribution is 2.33. The number of nitrogens with zero attached hydrogens (tertiary/aromatic N) is 5. The van der Waals surface area contributed by atoms with Gasteiger partial charge >= 0.3 is 12.4 Å². The summed E-state index contributed by atoms with van der Waals surface area (Å²) >= 11 is 1.56. The highest BCUT2D eigenvalue weighted by atomic mass is 32.2. The van der Waals surface area contributed by atoms with Crippen molar-refractivity contribution in [2.24, 2.45) is 4.99 Å². The zero-order valence-electron chi connectivity index (χ0n) is 24.6. The summed E-state index contributed by atoms with van der Waals surface area (Å²) in [5, 5.41) is 5.11. The zero-order chi connectivity index (χ0) is 31.4. The summed E-state index contributed by atoms with van der Waals surface area (Å²) < 4.78 is 42.6. The van der Waals surface area contributed by atoms with E-state index in [0.717, 1.165) is 34.7 Å². The van der Waals surface area contributed by atoms with E-state index in [1.807, 2.05) is 31.2 Å². The smallest absolute Gasteiger partial charge is 0.406 e. The molecule has 13 heteroatoms. The lowest BCUT2D eigenvalue weighted by atomic mass is 9.99. The molecule has 1 unspecified atom stereocenters. The predicted molar refractivity (Wildman–Crippen MR) is 166 cm³/mol. The molecule has 0 bridgehead atoms. The van der Waals surface area contributed by atoms with E-state index >= 15 is 0 Å². The van der Waals surface area contributed by atoms with Gasteiger partial charge in [0.1, 0.15) is 12.1 Å². The second-order valence-corrected chi connectivity index (χ2v) is 11.6. The van der Waals surface area contributed by atoms with E-state index in [-0.39, 0.29) is 11.8 Å². The van der Waals surface area contributed by atoms with Crippen LogP contribution < -0.4 is 20.5 Å². The Hall–Kier alpha value is -4.36. The largest absolute Gasteiger partial charge is 0.573 e. The number of aliphatic imine (C=N–C) groups is 1. The van der Waals surface area contributed by atoms with Crippen molar-refractivity contribution in [1.29, 1.82) is 0 Å². The van der Waals surface area contributed by atoms with Crippen molar-refractivity contribution in [2.45, 2.75) is 46.0 Å². The van der Waals surface area contributed by atoms with E-state index < -0.39 is 12.4 Å². The first-order valence-corrected chi connectivity index (χ1v) is 15.0. The highest BCUT2D eigenvalue weighted by Gasteiger charge is 2.31. The number of hydrazine groups is 1. The monoisotopic (exact) mass is 623 g/mol. The van der Waals surface area contributed by atoms with E-state index in [1.165, 1.54) is 40.8 Å². The molecule has 1 aromatic heterocycles. The molecule has 1 saturated heterocycles. The minimum Gasteiger partial charge on any atom is -0.406 e. The van der Waals surface area contributed by atoms with Crippen LogP contribution in [0.2, 0.25) is 0 Å². The molecule has 2 N–H and O–H groups in total. The Bertz CT molecular complexity index is 1640. The first-order valence-electron chi connectivity index (χ1n) is 14.0. The van der Waals surface area contributed by atoms with Gasteiger partial charge < -0.3 is 9.64 Å². The van der Waals surface area contributed by atoms with Crippen LogP contribution in [0.5, 0.6) is 5.75 Å². The molecule has 1 fully saturated rings. The van der Waals surface area contributed by atoms with E-state index in [1.54, 1.807) is 11.8 Å². The standard InChI is InChI=1S/C31H32F3N7O2S/c1-19(2)26-14-5-20(3)17-27(26)40-15-16-44-30(40)36-29(42)38-37-21(4)22-6-8-23(9-7-22)28-35-18-41(39-28)24-10-12-25(13-11-24)43-31(32,33)34/h5-14,17-19,21,37H,15-16H2,1-4H3,(H,38,42). The van der Waals surface area contributed by atoms with Crippen molar-refractivity contribution < 1.29 is 22.7 Å². The number of benzene rings is 3. The van der Waals surface area contributed by atoms with Gasteiger partial charge in [0.05, 0.1) is 5.69 Å². The van der Waals surface area contributed by atoms with Gasteiger partial charge in [-0.15, -0.1) is 18.3 Å². The van der Waals surface area contributed by atoms with Crippen molar-refractivity contribution in [1.82, 2.24) is 25.6 Å². The van der Waals surface area contributed by atoms with Crippen LogP contribution >= 0.6 is 11.8 Å². The predicted octanol–water partition coefficient (Wildman–Crippen LogP) is 7.15. The fraction of sp³-hybridized carbons (Fsp3) is 0.290. The van der Waals surface area contributed by atoms with Gasteiger partial charge in [0.2, 0.25) is 0 Å². The van der Waals surface area contributed by atoms with Crippen molar-refractivity contribution in [3.63, 3.8) is 0 Å². The number of hydrogen-bond acceptors (Lipinski definition) is 6. The number of carbonyl (C=O) groups excluding carboxylic acids is 1. The summed E-state index contributed by atoms with van der Waals surface area (Å²) in [4.78, 5) is 23.5. The average molecular weight is 624 g/mol. The number of halogens is 3. The number of alkyl halides is 3. The topological polar surface area (TPSA) is 96.7 Å². The molecule has 0 spiro atoms. The molecular weight excluding hydrogens is 591 g/mol. The third-order valence-electron chi connectivity index (χ3n) is 6.96. The molecule has 1 aliphatic rings. The fourth-order valence-electron chi connectivity index (χ4n) is 4.70. The lowest BCUT2D eigenvalue weighted by Gasteiger charge is -2.23. The molecule has 5 rings (SSSR count). The number of thioether (sulfide) groups is 1. The van der Waals surface area contributed by atoms with Gasteiger partial charge in [-0.25, -0.2) is 19.9 Å². The van der Waals surface area contributed by atoms with E-state index in [0.29, 0.717) is 22.6 Å². The van der Waals surface area contributed by atoms with Gasteiger partial charge in [0.25, 0.3) is 0 Å². The maximum atomic E-state index is 12.8. The van der Waals surface area contributed by atoms with E-state index in [9.17, 15) is 18.0 Å². The molecule has 0 radical (unpaired) electrons. The van der Waals surface area contributed by atoms with Crippen molar-refractivity contribution in [2.75, 3.05) is 17.2 Å². The highest BCUT2D eigenvalue weighted by molar-refractivity contribution is 8.14. The van der Waals surface area contributed by atoms with Crippen LogP contribution in [0.1, 0.15) is 49.4 Å². The summed E-state index contributed by atoms with van der Waals surface area (Å²) in [5.41, 5.74) is 11.4. The van der Waals surface area contributed by atoms with Crippen LogP contribution in [0.4, 0.5) is 23.7 Å².